The molecule has 0 saturated carbocycles. The third-order valence-corrected chi connectivity index (χ3v) is 4.48. The normalized spacial score (nSPS) is 15.8. The van der Waals surface area contributed by atoms with E-state index in [2.05, 4.69) is 10.2 Å². The molecule has 1 aromatic heterocycles. The van der Waals surface area contributed by atoms with Gasteiger partial charge in [-0.1, -0.05) is 0 Å². The van der Waals surface area contributed by atoms with Gasteiger partial charge in [0.25, 0.3) is 5.91 Å². The molecule has 2 aromatic rings. The van der Waals surface area contributed by atoms with E-state index in [4.69, 9.17) is 0 Å². The average Bonchev–Trinajstić information content (AvgIpc) is 2.58. The van der Waals surface area contributed by atoms with Crippen LogP contribution in [-0.4, -0.2) is 27.1 Å². The van der Waals surface area contributed by atoms with Crippen molar-refractivity contribution in [2.24, 2.45) is 10.2 Å². The highest BCUT2D eigenvalue weighted by Crippen LogP contribution is 2.45. The predicted molar refractivity (Wildman–Crippen MR) is 75.1 cm³/mol. The van der Waals surface area contributed by atoms with Crippen LogP contribution in [0.15, 0.2) is 22.4 Å². The molecule has 3 rings (SSSR count). The number of fused-ring (bicyclic) bond motifs is 1. The van der Waals surface area contributed by atoms with Gasteiger partial charge in [-0.15, -0.1) is 10.2 Å². The topological polar surface area (TPSA) is 66.9 Å². The van der Waals surface area contributed by atoms with Gasteiger partial charge in [-0.05, 0) is 6.07 Å². The number of rotatable bonds is 2. The molecule has 0 atom stereocenters. The molecule has 1 fully saturated rings. The van der Waals surface area contributed by atoms with E-state index in [1.54, 1.807) is 11.8 Å². The van der Waals surface area contributed by atoms with Crippen LogP contribution in [0.3, 0.4) is 0 Å². The molecule has 1 aliphatic heterocycles. The Hall–Kier alpha value is -1.96. The number of carbonyl (C=O) groups is 1. The number of azo groups is 1. The van der Waals surface area contributed by atoms with Crippen LogP contribution in [-0.2, 0) is 4.79 Å². The minimum Gasteiger partial charge on any atom is -0.493 e. The van der Waals surface area contributed by atoms with E-state index in [1.807, 2.05) is 0 Å². The smallest absolute Gasteiger partial charge is 0.261 e. The molecule has 1 saturated heterocycles. The number of amides is 1. The Morgan fingerprint density at radius 1 is 1.43 bits per heavy atom. The van der Waals surface area contributed by atoms with Crippen LogP contribution in [0.1, 0.15) is 13.0 Å². The van der Waals surface area contributed by atoms with E-state index in [0.717, 1.165) is 23.6 Å². The summed E-state index contributed by atoms with van der Waals surface area (Å²) in [6, 6.07) is 1.75. The van der Waals surface area contributed by atoms with Crippen LogP contribution in [0.4, 0.5) is 14.5 Å². The van der Waals surface area contributed by atoms with Crippen molar-refractivity contribution < 1.29 is 18.7 Å². The zero-order valence-corrected chi connectivity index (χ0v) is 11.8. The first-order valence-corrected chi connectivity index (χ1v) is 7.36. The Bertz CT molecular complexity index is 769. The first-order valence-electron chi connectivity index (χ1n) is 6.21. The fraction of sp³-hybridized carbons (Fsp3) is 0.308. The van der Waals surface area contributed by atoms with E-state index in [1.165, 1.54) is 11.5 Å². The summed E-state index contributed by atoms with van der Waals surface area (Å²) in [6.45, 7) is 1.20. The largest absolute Gasteiger partial charge is 0.493 e. The number of hydrogen-bond acceptors (Lipinski definition) is 4. The maximum Gasteiger partial charge on any atom is 0.261 e. The number of aromatic hydroxyl groups is 1. The molecule has 1 N–H and O–H groups in total. The van der Waals surface area contributed by atoms with Gasteiger partial charge < -0.3 is 9.67 Å². The summed E-state index contributed by atoms with van der Waals surface area (Å²) in [4.78, 5) is 10.9. The lowest BCUT2D eigenvalue weighted by Gasteiger charge is -2.27. The second-order valence-corrected chi connectivity index (χ2v) is 5.81. The molecule has 21 heavy (non-hydrogen) atoms. The maximum absolute atomic E-state index is 14.1. The quantitative estimate of drug-likeness (QED) is 0.863. The lowest BCUT2D eigenvalue weighted by atomic mass is 10.2. The van der Waals surface area contributed by atoms with Gasteiger partial charge in [0.2, 0.25) is 5.88 Å². The van der Waals surface area contributed by atoms with E-state index >= 15 is 0 Å². The molecular formula is C13H11F2N3O2S. The summed E-state index contributed by atoms with van der Waals surface area (Å²) >= 11 is 1.66. The molecule has 1 aromatic carbocycles. The van der Waals surface area contributed by atoms with Gasteiger partial charge in [-0.2, -0.15) is 11.8 Å². The van der Waals surface area contributed by atoms with Crippen molar-refractivity contribution in [3.63, 3.8) is 0 Å². The second kappa shape index (κ2) is 5.10. The summed E-state index contributed by atoms with van der Waals surface area (Å²) < 4.78 is 28.9. The standard InChI is InChI=1S/C13H11F2N3O2S/c1-6(19)16-17-11-9-2-7(14)3-10(15)12(9)18(13(11)20)8-4-21-5-8/h2-3,8,20H,4-5H2,1H3. The van der Waals surface area contributed by atoms with Crippen molar-refractivity contribution in [1.29, 1.82) is 0 Å². The molecule has 8 heteroatoms. The number of aromatic nitrogens is 1. The molecular weight excluding hydrogens is 300 g/mol. The molecule has 1 amide bonds. The Labute approximate surface area is 122 Å². The molecule has 110 valence electrons. The van der Waals surface area contributed by atoms with Crippen LogP contribution < -0.4 is 0 Å². The highest BCUT2D eigenvalue weighted by molar-refractivity contribution is 8.00. The van der Waals surface area contributed by atoms with Gasteiger partial charge in [-0.25, -0.2) is 8.78 Å². The van der Waals surface area contributed by atoms with E-state index < -0.39 is 17.5 Å². The summed E-state index contributed by atoms with van der Waals surface area (Å²) in [7, 11) is 0. The Morgan fingerprint density at radius 2 is 2.14 bits per heavy atom. The minimum atomic E-state index is -0.778. The zero-order valence-electron chi connectivity index (χ0n) is 11.0. The van der Waals surface area contributed by atoms with Crippen molar-refractivity contribution in [3.05, 3.63) is 23.8 Å². The first-order chi connectivity index (χ1) is 9.99. The predicted octanol–water partition coefficient (Wildman–Crippen LogP) is 3.54. The molecule has 0 spiro atoms. The molecule has 0 bridgehead atoms. The Morgan fingerprint density at radius 3 is 2.71 bits per heavy atom. The number of hydrogen-bond donors (Lipinski definition) is 1. The third kappa shape index (κ3) is 2.29. The molecule has 0 aliphatic carbocycles. The Kier molecular flexibility index (Phi) is 3.40. The van der Waals surface area contributed by atoms with E-state index in [-0.39, 0.29) is 28.5 Å². The maximum atomic E-state index is 14.1. The molecule has 2 heterocycles. The van der Waals surface area contributed by atoms with Crippen molar-refractivity contribution in [1.82, 2.24) is 4.57 Å². The van der Waals surface area contributed by atoms with Crippen molar-refractivity contribution in [2.45, 2.75) is 13.0 Å². The lowest BCUT2D eigenvalue weighted by Crippen LogP contribution is -2.22. The average molecular weight is 311 g/mol. The number of carbonyl (C=O) groups excluding carboxylic acids is 1. The van der Waals surface area contributed by atoms with Crippen molar-refractivity contribution >= 4 is 34.3 Å². The molecule has 5 nitrogen and oxygen atoms in total. The van der Waals surface area contributed by atoms with E-state index in [9.17, 15) is 18.7 Å². The van der Waals surface area contributed by atoms with Gasteiger partial charge >= 0.3 is 0 Å². The van der Waals surface area contributed by atoms with Crippen LogP contribution in [0.2, 0.25) is 0 Å². The van der Waals surface area contributed by atoms with Gasteiger partial charge in [0.1, 0.15) is 5.82 Å². The molecule has 0 radical (unpaired) electrons. The molecule has 1 aliphatic rings. The summed E-state index contributed by atoms with van der Waals surface area (Å²) in [5, 5.41) is 17.4. The number of thioether (sulfide) groups is 1. The fourth-order valence-electron chi connectivity index (χ4n) is 2.28. The van der Waals surface area contributed by atoms with Crippen LogP contribution >= 0.6 is 11.8 Å². The summed E-state index contributed by atoms with van der Waals surface area (Å²) in [5.74, 6) is -0.980. The highest BCUT2D eigenvalue weighted by Gasteiger charge is 2.29. The van der Waals surface area contributed by atoms with Crippen LogP contribution in [0, 0.1) is 11.6 Å². The third-order valence-electron chi connectivity index (χ3n) is 3.24. The van der Waals surface area contributed by atoms with Crippen molar-refractivity contribution in [3.8, 4) is 5.88 Å². The Balaban J connectivity index is 2.30. The monoisotopic (exact) mass is 311 g/mol. The number of halogens is 2. The van der Waals surface area contributed by atoms with Crippen LogP contribution in [0.25, 0.3) is 10.9 Å². The number of benzene rings is 1. The van der Waals surface area contributed by atoms with Crippen molar-refractivity contribution in [2.75, 3.05) is 11.5 Å². The van der Waals surface area contributed by atoms with E-state index in [0.29, 0.717) is 0 Å². The van der Waals surface area contributed by atoms with Gasteiger partial charge in [-0.3, -0.25) is 4.79 Å². The van der Waals surface area contributed by atoms with Gasteiger partial charge in [0, 0.05) is 29.9 Å². The van der Waals surface area contributed by atoms with Gasteiger partial charge in [0.05, 0.1) is 11.6 Å². The first kappa shape index (κ1) is 14.0. The molecule has 0 unspecified atom stereocenters. The highest BCUT2D eigenvalue weighted by atomic mass is 32.2. The summed E-state index contributed by atoms with van der Waals surface area (Å²) in [5.41, 5.74) is -0.00722. The lowest BCUT2D eigenvalue weighted by molar-refractivity contribution is -0.116. The SMILES string of the molecule is CC(=O)N=Nc1c(O)n(C2CSC2)c2c(F)cc(F)cc12. The fourth-order valence-corrected chi connectivity index (χ4v) is 3.02. The number of nitrogens with zero attached hydrogens (tertiary/aromatic N) is 3. The second-order valence-electron chi connectivity index (χ2n) is 4.74. The summed E-state index contributed by atoms with van der Waals surface area (Å²) in [6.07, 6.45) is 0. The minimum absolute atomic E-state index is 0.0803. The van der Waals surface area contributed by atoms with Crippen LogP contribution in [0.5, 0.6) is 5.88 Å². The van der Waals surface area contributed by atoms with Gasteiger partial charge in [0.15, 0.2) is 11.5 Å². The zero-order chi connectivity index (χ0) is 15.1.